The fourth-order valence-electron chi connectivity index (χ4n) is 3.24. The van der Waals surface area contributed by atoms with Crippen molar-refractivity contribution in [1.82, 2.24) is 19.4 Å². The molecule has 4 rings (SSSR count). The summed E-state index contributed by atoms with van der Waals surface area (Å²) < 4.78 is 9.46. The molecule has 0 spiro atoms. The number of aryl methyl sites for hydroxylation is 1. The van der Waals surface area contributed by atoms with E-state index >= 15 is 0 Å². The van der Waals surface area contributed by atoms with Crippen molar-refractivity contribution in [3.05, 3.63) is 53.1 Å². The maximum atomic E-state index is 12.8. The van der Waals surface area contributed by atoms with Gasteiger partial charge in [-0.05, 0) is 17.5 Å². The number of imidazole rings is 1. The van der Waals surface area contributed by atoms with Gasteiger partial charge in [-0.3, -0.25) is 4.79 Å². The molecule has 26 heavy (non-hydrogen) atoms. The van der Waals surface area contributed by atoms with Gasteiger partial charge in [-0.1, -0.05) is 18.2 Å². The third-order valence-corrected chi connectivity index (χ3v) is 4.49. The van der Waals surface area contributed by atoms with Gasteiger partial charge in [-0.2, -0.15) is 0 Å². The fraction of sp³-hybridized carbons (Fsp3) is 0.333. The fourth-order valence-corrected chi connectivity index (χ4v) is 3.24. The Kier molecular flexibility index (Phi) is 6.83. The summed E-state index contributed by atoms with van der Waals surface area (Å²) in [6.07, 6.45) is 3.73. The van der Waals surface area contributed by atoms with Gasteiger partial charge in [0.25, 0.3) is 5.56 Å². The van der Waals surface area contributed by atoms with E-state index in [1.165, 1.54) is 0 Å². The second kappa shape index (κ2) is 8.68. The zero-order chi connectivity index (χ0) is 16.5. The van der Waals surface area contributed by atoms with Crippen molar-refractivity contribution >= 4 is 35.7 Å². The summed E-state index contributed by atoms with van der Waals surface area (Å²) >= 11 is 0. The maximum absolute atomic E-state index is 12.8. The van der Waals surface area contributed by atoms with E-state index in [1.54, 1.807) is 17.8 Å². The summed E-state index contributed by atoms with van der Waals surface area (Å²) in [5.74, 6) is 0.690. The number of aromatic nitrogens is 3. The van der Waals surface area contributed by atoms with E-state index in [-0.39, 0.29) is 36.5 Å². The number of hydrogen-bond donors (Lipinski definition) is 1. The van der Waals surface area contributed by atoms with E-state index in [1.807, 2.05) is 41.1 Å². The average molecular weight is 397 g/mol. The Labute approximate surface area is 164 Å². The summed E-state index contributed by atoms with van der Waals surface area (Å²) in [5.41, 5.74) is 1.50. The molecular formula is C18H22Cl2N4O2. The van der Waals surface area contributed by atoms with Crippen LogP contribution in [0, 0.1) is 0 Å². The highest BCUT2D eigenvalue weighted by molar-refractivity contribution is 5.85. The average Bonchev–Trinajstić information content (AvgIpc) is 3.07. The third-order valence-electron chi connectivity index (χ3n) is 4.49. The molecule has 0 amide bonds. The number of benzene rings is 1. The van der Waals surface area contributed by atoms with E-state index in [9.17, 15) is 4.79 Å². The number of pyridine rings is 1. The normalized spacial score (nSPS) is 16.7. The van der Waals surface area contributed by atoms with Gasteiger partial charge in [0.15, 0.2) is 0 Å². The molecule has 1 N–H and O–H groups in total. The number of hydrogen-bond acceptors (Lipinski definition) is 4. The zero-order valence-corrected chi connectivity index (χ0v) is 16.1. The number of rotatable bonds is 3. The van der Waals surface area contributed by atoms with Crippen molar-refractivity contribution in [2.24, 2.45) is 7.05 Å². The Bertz CT molecular complexity index is 932. The van der Waals surface area contributed by atoms with E-state index in [4.69, 9.17) is 4.74 Å². The molecule has 3 aromatic rings. The third kappa shape index (κ3) is 3.78. The zero-order valence-electron chi connectivity index (χ0n) is 14.4. The Morgan fingerprint density at radius 1 is 1.31 bits per heavy atom. The molecule has 1 atom stereocenters. The lowest BCUT2D eigenvalue weighted by Crippen LogP contribution is -2.40. The quantitative estimate of drug-likeness (QED) is 0.737. The highest BCUT2D eigenvalue weighted by atomic mass is 35.5. The predicted octanol–water partition coefficient (Wildman–Crippen LogP) is 2.23. The molecule has 140 valence electrons. The smallest absolute Gasteiger partial charge is 0.261 e. The molecule has 3 heterocycles. The molecule has 1 aliphatic heterocycles. The van der Waals surface area contributed by atoms with Crippen LogP contribution in [0.1, 0.15) is 0 Å². The molecule has 0 aliphatic carbocycles. The second-order valence-corrected chi connectivity index (χ2v) is 6.08. The number of morpholine rings is 1. The van der Waals surface area contributed by atoms with E-state index in [0.717, 1.165) is 24.0 Å². The van der Waals surface area contributed by atoms with Crippen molar-refractivity contribution in [1.29, 1.82) is 0 Å². The van der Waals surface area contributed by atoms with E-state index in [0.29, 0.717) is 24.5 Å². The van der Waals surface area contributed by atoms with Gasteiger partial charge in [0.05, 0.1) is 30.3 Å². The number of ether oxygens (including phenoxy) is 1. The first-order valence-corrected chi connectivity index (χ1v) is 8.16. The molecule has 2 aromatic heterocycles. The topological polar surface area (TPSA) is 61.1 Å². The van der Waals surface area contributed by atoms with Crippen LogP contribution >= 0.6 is 24.8 Å². The Balaban J connectivity index is 0.00000121. The minimum Gasteiger partial charge on any atom is -0.374 e. The molecule has 0 radical (unpaired) electrons. The van der Waals surface area contributed by atoms with Crippen molar-refractivity contribution in [3.63, 3.8) is 0 Å². The first-order chi connectivity index (χ1) is 11.7. The first-order valence-electron chi connectivity index (χ1n) is 8.16. The van der Waals surface area contributed by atoms with Gasteiger partial charge in [0.2, 0.25) is 0 Å². The first kappa shape index (κ1) is 20.5. The minimum absolute atomic E-state index is 0. The standard InChI is InChI=1S/C18H20N4O2.2ClH/c1-21-16-5-3-2-4-13(16)10-15(18(21)23)17-20-6-8-22(17)12-14-11-19-7-9-24-14;;/h2-6,8,10,14,19H,7,9,11-12H2,1H3;2*1H. The number of halogens is 2. The van der Waals surface area contributed by atoms with Crippen LogP contribution in [0.15, 0.2) is 47.5 Å². The highest BCUT2D eigenvalue weighted by Crippen LogP contribution is 2.20. The van der Waals surface area contributed by atoms with Crippen molar-refractivity contribution < 1.29 is 4.74 Å². The van der Waals surface area contributed by atoms with Gasteiger partial charge in [0.1, 0.15) is 5.82 Å². The molecular weight excluding hydrogens is 375 g/mol. The molecule has 8 heteroatoms. The predicted molar refractivity (Wildman–Crippen MR) is 108 cm³/mol. The van der Waals surface area contributed by atoms with Gasteiger partial charge in [-0.25, -0.2) is 4.98 Å². The van der Waals surface area contributed by atoms with Crippen LogP contribution < -0.4 is 10.9 Å². The van der Waals surface area contributed by atoms with Crippen molar-refractivity contribution in [3.8, 4) is 11.4 Å². The molecule has 1 fully saturated rings. The summed E-state index contributed by atoms with van der Waals surface area (Å²) in [4.78, 5) is 17.2. The SMILES string of the molecule is Cl.Cl.Cn1c(=O)c(-c2nccn2CC2CNCCO2)cc2ccccc21. The lowest BCUT2D eigenvalue weighted by Gasteiger charge is -2.24. The number of nitrogens with one attached hydrogen (secondary N) is 1. The molecule has 1 unspecified atom stereocenters. The van der Waals surface area contributed by atoms with Crippen LogP contribution in [0.2, 0.25) is 0 Å². The maximum Gasteiger partial charge on any atom is 0.261 e. The van der Waals surface area contributed by atoms with Crippen LogP contribution in [0.3, 0.4) is 0 Å². The van der Waals surface area contributed by atoms with E-state index < -0.39 is 0 Å². The molecule has 1 saturated heterocycles. The number of fused-ring (bicyclic) bond motifs is 1. The summed E-state index contributed by atoms with van der Waals surface area (Å²) in [6, 6.07) is 9.81. The largest absolute Gasteiger partial charge is 0.374 e. The van der Waals surface area contributed by atoms with Gasteiger partial charge < -0.3 is 19.2 Å². The summed E-state index contributed by atoms with van der Waals surface area (Å²) in [7, 11) is 1.80. The Morgan fingerprint density at radius 2 is 2.12 bits per heavy atom. The van der Waals surface area contributed by atoms with Crippen LogP contribution in [0.5, 0.6) is 0 Å². The van der Waals surface area contributed by atoms with Crippen molar-refractivity contribution in [2.75, 3.05) is 19.7 Å². The number of nitrogens with zero attached hydrogens (tertiary/aromatic N) is 3. The molecule has 6 nitrogen and oxygen atoms in total. The van der Waals surface area contributed by atoms with Crippen molar-refractivity contribution in [2.45, 2.75) is 12.6 Å². The summed E-state index contributed by atoms with van der Waals surface area (Å²) in [5, 5.41) is 4.35. The van der Waals surface area contributed by atoms with Crippen LogP contribution in [0.25, 0.3) is 22.3 Å². The Hall–Kier alpha value is -1.86. The monoisotopic (exact) mass is 396 g/mol. The molecule has 1 aromatic carbocycles. The summed E-state index contributed by atoms with van der Waals surface area (Å²) in [6.45, 7) is 3.09. The van der Waals surface area contributed by atoms with Gasteiger partial charge in [0, 0.05) is 32.5 Å². The molecule has 0 saturated carbocycles. The lowest BCUT2D eigenvalue weighted by molar-refractivity contribution is 0.0185. The number of para-hydroxylation sites is 1. The van der Waals surface area contributed by atoms with E-state index in [2.05, 4.69) is 10.3 Å². The minimum atomic E-state index is -0.0381. The van der Waals surface area contributed by atoms with Crippen LogP contribution in [-0.2, 0) is 18.3 Å². The molecule has 1 aliphatic rings. The van der Waals surface area contributed by atoms with Gasteiger partial charge in [-0.15, -0.1) is 24.8 Å². The van der Waals surface area contributed by atoms with Crippen LogP contribution in [-0.4, -0.2) is 39.9 Å². The highest BCUT2D eigenvalue weighted by Gasteiger charge is 2.18. The lowest BCUT2D eigenvalue weighted by atomic mass is 10.1. The second-order valence-electron chi connectivity index (χ2n) is 6.08. The van der Waals surface area contributed by atoms with Gasteiger partial charge >= 0.3 is 0 Å². The van der Waals surface area contributed by atoms with Crippen LogP contribution in [0.4, 0.5) is 0 Å². The Morgan fingerprint density at radius 3 is 2.88 bits per heavy atom. The molecule has 0 bridgehead atoms.